The number of benzene rings is 1. The van der Waals surface area contributed by atoms with Crippen LogP contribution >= 0.6 is 15.9 Å². The fourth-order valence-electron chi connectivity index (χ4n) is 0.966. The maximum absolute atomic E-state index is 12.3. The number of hydrogen-bond acceptors (Lipinski definition) is 2. The summed E-state index contributed by atoms with van der Waals surface area (Å²) in [5.74, 6) is -1.75. The molecule has 8 heteroatoms. The highest BCUT2D eigenvalue weighted by Crippen LogP contribution is 2.44. The lowest BCUT2D eigenvalue weighted by atomic mass is 10.2. The molecule has 2 nitrogen and oxygen atoms in total. The van der Waals surface area contributed by atoms with Gasteiger partial charge in [-0.25, -0.2) is 0 Å². The summed E-state index contributed by atoms with van der Waals surface area (Å²) in [5.41, 5.74) is -1.21. The monoisotopic (exact) mass is 306 g/mol. The second-order valence-corrected chi connectivity index (χ2v) is 3.44. The molecule has 1 aromatic rings. The van der Waals surface area contributed by atoms with Crippen LogP contribution in [0.25, 0.3) is 0 Å². The molecule has 0 heterocycles. The van der Waals surface area contributed by atoms with E-state index in [0.717, 1.165) is 0 Å². The average Bonchev–Trinajstić information content (AvgIpc) is 2.09. The van der Waals surface area contributed by atoms with E-state index in [0.29, 0.717) is 12.1 Å². The number of phenols is 1. The highest BCUT2D eigenvalue weighted by Gasteiger charge is 2.35. The predicted octanol–water partition coefficient (Wildman–Crippen LogP) is 3.77. The summed E-state index contributed by atoms with van der Waals surface area (Å²) in [5, 5.41) is 9.07. The van der Waals surface area contributed by atoms with E-state index in [2.05, 4.69) is 20.7 Å². The van der Waals surface area contributed by atoms with Gasteiger partial charge < -0.3 is 9.84 Å². The summed E-state index contributed by atoms with van der Waals surface area (Å²) >= 11 is 2.46. The van der Waals surface area contributed by atoms with Gasteiger partial charge in [0.2, 0.25) is 0 Å². The molecular weight excluding hydrogens is 303 g/mol. The Bertz CT molecular complexity index is 391. The third-order valence-corrected chi connectivity index (χ3v) is 2.38. The third kappa shape index (κ3) is 2.75. The fraction of sp³-hybridized carbons (Fsp3) is 0.250. The summed E-state index contributed by atoms with van der Waals surface area (Å²) in [6.45, 7) is -3.33. The van der Waals surface area contributed by atoms with Gasteiger partial charge in [-0.05, 0) is 28.1 Å². The molecule has 0 saturated carbocycles. The van der Waals surface area contributed by atoms with Gasteiger partial charge in [0, 0.05) is 0 Å². The molecule has 0 fully saturated rings. The van der Waals surface area contributed by atoms with Gasteiger partial charge in [0.15, 0.2) is 11.5 Å². The first-order valence-corrected chi connectivity index (χ1v) is 4.56. The number of aromatic hydroxyl groups is 1. The Morgan fingerprint density at radius 2 is 1.81 bits per heavy atom. The molecule has 0 atom stereocenters. The van der Waals surface area contributed by atoms with Crippen LogP contribution in [-0.4, -0.2) is 11.7 Å². The Morgan fingerprint density at radius 1 is 1.25 bits per heavy atom. The number of rotatable bonds is 2. The van der Waals surface area contributed by atoms with Gasteiger partial charge in [-0.15, -0.1) is 0 Å². The van der Waals surface area contributed by atoms with Crippen molar-refractivity contribution >= 4 is 15.9 Å². The summed E-state index contributed by atoms with van der Waals surface area (Å²) in [7, 11) is 0. The number of ether oxygens (including phenoxy) is 1. The molecule has 0 aromatic heterocycles. The van der Waals surface area contributed by atoms with Crippen LogP contribution < -0.4 is 4.74 Å². The van der Waals surface area contributed by atoms with Gasteiger partial charge in [0.1, 0.15) is 0 Å². The van der Waals surface area contributed by atoms with E-state index in [9.17, 15) is 22.0 Å². The molecular formula is C8H4BrF5O2. The molecule has 0 bridgehead atoms. The minimum atomic E-state index is -4.73. The maximum Gasteiger partial charge on any atom is 0.417 e. The Balaban J connectivity index is 3.27. The van der Waals surface area contributed by atoms with Crippen molar-refractivity contribution in [1.82, 2.24) is 0 Å². The van der Waals surface area contributed by atoms with Crippen LogP contribution in [0.5, 0.6) is 11.5 Å². The zero-order valence-corrected chi connectivity index (χ0v) is 8.94. The lowest BCUT2D eigenvalue weighted by Crippen LogP contribution is -2.09. The van der Waals surface area contributed by atoms with E-state index < -0.39 is 34.3 Å². The van der Waals surface area contributed by atoms with Crippen LogP contribution in [0, 0.1) is 0 Å². The SMILES string of the molecule is Oc1ccc(C(F)(F)F)c(Br)c1OC(F)F. The van der Waals surface area contributed by atoms with Gasteiger partial charge in [0.05, 0.1) is 10.0 Å². The van der Waals surface area contributed by atoms with Crippen LogP contribution in [0.2, 0.25) is 0 Å². The van der Waals surface area contributed by atoms with Gasteiger partial charge in [0.25, 0.3) is 0 Å². The highest BCUT2D eigenvalue weighted by atomic mass is 79.9. The molecule has 0 aliphatic heterocycles. The third-order valence-electron chi connectivity index (χ3n) is 1.59. The Kier molecular flexibility index (Phi) is 3.61. The zero-order valence-electron chi connectivity index (χ0n) is 7.36. The predicted molar refractivity (Wildman–Crippen MR) is 47.4 cm³/mol. The van der Waals surface area contributed by atoms with Crippen molar-refractivity contribution in [2.24, 2.45) is 0 Å². The summed E-state index contributed by atoms with van der Waals surface area (Å²) in [6.07, 6.45) is -4.73. The molecule has 1 rings (SSSR count). The average molecular weight is 307 g/mol. The zero-order chi connectivity index (χ0) is 12.5. The highest BCUT2D eigenvalue weighted by molar-refractivity contribution is 9.10. The van der Waals surface area contributed by atoms with Crippen molar-refractivity contribution in [2.45, 2.75) is 12.8 Å². The van der Waals surface area contributed by atoms with Crippen molar-refractivity contribution in [3.8, 4) is 11.5 Å². The minimum absolute atomic E-state index is 0.553. The first-order valence-electron chi connectivity index (χ1n) is 3.77. The van der Waals surface area contributed by atoms with Crippen molar-refractivity contribution in [3.05, 3.63) is 22.2 Å². The molecule has 1 aromatic carbocycles. The molecule has 0 aliphatic rings. The quantitative estimate of drug-likeness (QED) is 0.843. The normalized spacial score (nSPS) is 11.9. The van der Waals surface area contributed by atoms with Gasteiger partial charge >= 0.3 is 12.8 Å². The van der Waals surface area contributed by atoms with Crippen LogP contribution in [-0.2, 0) is 6.18 Å². The maximum atomic E-state index is 12.3. The molecule has 0 unspecified atom stereocenters. The summed E-state index contributed by atoms with van der Waals surface area (Å²) in [4.78, 5) is 0. The Morgan fingerprint density at radius 3 is 2.25 bits per heavy atom. The van der Waals surface area contributed by atoms with E-state index in [1.54, 1.807) is 0 Å². The van der Waals surface area contributed by atoms with E-state index in [1.807, 2.05) is 0 Å². The van der Waals surface area contributed by atoms with Crippen molar-refractivity contribution in [3.63, 3.8) is 0 Å². The lowest BCUT2D eigenvalue weighted by molar-refractivity contribution is -0.138. The number of phenolic OH excluding ortho intramolecular Hbond substituents is 1. The Labute approximate surface area is 94.8 Å². The molecule has 16 heavy (non-hydrogen) atoms. The number of halogens is 6. The molecule has 0 aliphatic carbocycles. The Hall–Kier alpha value is -1.05. The molecule has 1 N–H and O–H groups in total. The molecule has 90 valence electrons. The van der Waals surface area contributed by atoms with Crippen LogP contribution in [0.3, 0.4) is 0 Å². The second kappa shape index (κ2) is 4.44. The summed E-state index contributed by atoms with van der Waals surface area (Å²) < 4.78 is 63.8. The minimum Gasteiger partial charge on any atom is -0.504 e. The van der Waals surface area contributed by atoms with E-state index >= 15 is 0 Å². The van der Waals surface area contributed by atoms with Gasteiger partial charge in [-0.2, -0.15) is 22.0 Å². The van der Waals surface area contributed by atoms with Crippen molar-refractivity contribution < 1.29 is 31.8 Å². The fourth-order valence-corrected chi connectivity index (χ4v) is 1.62. The van der Waals surface area contributed by atoms with Gasteiger partial charge in [-0.1, -0.05) is 0 Å². The second-order valence-electron chi connectivity index (χ2n) is 2.65. The first-order chi connectivity index (χ1) is 7.23. The van der Waals surface area contributed by atoms with E-state index in [1.165, 1.54) is 0 Å². The molecule has 0 amide bonds. The van der Waals surface area contributed by atoms with Crippen LogP contribution in [0.1, 0.15) is 5.56 Å². The van der Waals surface area contributed by atoms with Crippen molar-refractivity contribution in [1.29, 1.82) is 0 Å². The first kappa shape index (κ1) is 13.0. The molecule has 0 radical (unpaired) electrons. The largest absolute Gasteiger partial charge is 0.504 e. The molecule has 0 saturated heterocycles. The van der Waals surface area contributed by atoms with E-state index in [4.69, 9.17) is 5.11 Å². The van der Waals surface area contributed by atoms with Crippen molar-refractivity contribution in [2.75, 3.05) is 0 Å². The topological polar surface area (TPSA) is 29.5 Å². The number of alkyl halides is 5. The smallest absolute Gasteiger partial charge is 0.417 e. The van der Waals surface area contributed by atoms with E-state index in [-0.39, 0.29) is 0 Å². The van der Waals surface area contributed by atoms with Gasteiger partial charge in [-0.3, -0.25) is 0 Å². The van der Waals surface area contributed by atoms with Crippen LogP contribution in [0.15, 0.2) is 16.6 Å². The van der Waals surface area contributed by atoms with Crippen LogP contribution in [0.4, 0.5) is 22.0 Å². The molecule has 0 spiro atoms. The summed E-state index contributed by atoms with van der Waals surface area (Å²) in [6, 6.07) is 1.18. The standard InChI is InChI=1S/C8H4BrF5O2/c9-5-3(8(12,13)14)1-2-4(15)6(5)16-7(10)11/h1-2,7,15H. The number of hydrogen-bond donors (Lipinski definition) is 1. The lowest BCUT2D eigenvalue weighted by Gasteiger charge is -2.14.